The van der Waals surface area contributed by atoms with E-state index in [2.05, 4.69) is 55.0 Å². The van der Waals surface area contributed by atoms with Gasteiger partial charge in [-0.3, -0.25) is 9.88 Å². The van der Waals surface area contributed by atoms with Gasteiger partial charge in [0.25, 0.3) is 0 Å². The highest BCUT2D eigenvalue weighted by Gasteiger charge is 2.19. The van der Waals surface area contributed by atoms with Crippen LogP contribution in [0.2, 0.25) is 0 Å². The molecule has 18 heavy (non-hydrogen) atoms. The molecule has 1 aromatic heterocycles. The first-order chi connectivity index (χ1) is 8.47. The van der Waals surface area contributed by atoms with Crippen molar-refractivity contribution >= 4 is 0 Å². The predicted molar refractivity (Wildman–Crippen MR) is 75.7 cm³/mol. The molecule has 0 saturated carbocycles. The van der Waals surface area contributed by atoms with E-state index in [9.17, 15) is 0 Å². The third kappa shape index (κ3) is 3.30. The van der Waals surface area contributed by atoms with Crippen molar-refractivity contribution in [1.82, 2.24) is 15.2 Å². The van der Waals surface area contributed by atoms with Gasteiger partial charge >= 0.3 is 0 Å². The summed E-state index contributed by atoms with van der Waals surface area (Å²) >= 11 is 0. The summed E-state index contributed by atoms with van der Waals surface area (Å²) in [6.45, 7) is 13.2. The van der Waals surface area contributed by atoms with Crippen LogP contribution in [0.4, 0.5) is 0 Å². The Bertz CT molecular complexity index is 378. The second-order valence-corrected chi connectivity index (χ2v) is 6.33. The maximum absolute atomic E-state index is 4.60. The Balaban J connectivity index is 2.02. The zero-order chi connectivity index (χ0) is 13.2. The van der Waals surface area contributed by atoms with Crippen LogP contribution in [0.5, 0.6) is 0 Å². The lowest BCUT2D eigenvalue weighted by molar-refractivity contribution is 0.165. The van der Waals surface area contributed by atoms with Crippen LogP contribution < -0.4 is 5.32 Å². The molecule has 1 fully saturated rings. The van der Waals surface area contributed by atoms with Gasteiger partial charge in [0, 0.05) is 49.5 Å². The molecule has 0 aliphatic carbocycles. The maximum atomic E-state index is 4.60. The average molecular weight is 247 g/mol. The van der Waals surface area contributed by atoms with E-state index in [1.807, 2.05) is 6.20 Å². The maximum Gasteiger partial charge on any atom is 0.0457 e. The highest BCUT2D eigenvalue weighted by atomic mass is 15.2. The minimum absolute atomic E-state index is 0.140. The number of rotatable bonds is 2. The molecule has 100 valence electrons. The average Bonchev–Trinajstić information content (AvgIpc) is 2.32. The zero-order valence-electron chi connectivity index (χ0n) is 12.0. The molecule has 3 heteroatoms. The smallest absolute Gasteiger partial charge is 0.0457 e. The first-order valence-corrected chi connectivity index (χ1v) is 6.87. The van der Waals surface area contributed by atoms with Gasteiger partial charge in [0.15, 0.2) is 0 Å². The summed E-state index contributed by atoms with van der Waals surface area (Å²) in [6.07, 6.45) is 2.04. The van der Waals surface area contributed by atoms with Crippen LogP contribution in [-0.4, -0.2) is 35.6 Å². The summed E-state index contributed by atoms with van der Waals surface area (Å²) < 4.78 is 0. The van der Waals surface area contributed by atoms with Gasteiger partial charge in [0.1, 0.15) is 0 Å². The molecule has 1 aliphatic rings. The van der Waals surface area contributed by atoms with Gasteiger partial charge < -0.3 is 5.32 Å². The Labute approximate surface area is 111 Å². The summed E-state index contributed by atoms with van der Waals surface area (Å²) in [4.78, 5) is 7.12. The van der Waals surface area contributed by atoms with Gasteiger partial charge in [-0.25, -0.2) is 0 Å². The summed E-state index contributed by atoms with van der Waals surface area (Å²) in [6, 6.07) is 5.01. The normalized spacial score (nSPS) is 22.1. The van der Waals surface area contributed by atoms with Crippen LogP contribution in [0.3, 0.4) is 0 Å². The molecular formula is C15H25N3. The highest BCUT2D eigenvalue weighted by Crippen LogP contribution is 2.20. The van der Waals surface area contributed by atoms with Gasteiger partial charge in [-0.2, -0.15) is 0 Å². The minimum atomic E-state index is 0.140. The van der Waals surface area contributed by atoms with Crippen LogP contribution >= 0.6 is 0 Å². The van der Waals surface area contributed by atoms with Crippen LogP contribution in [0.25, 0.3) is 0 Å². The second kappa shape index (κ2) is 5.37. The monoisotopic (exact) mass is 247 g/mol. The van der Waals surface area contributed by atoms with E-state index in [-0.39, 0.29) is 5.41 Å². The van der Waals surface area contributed by atoms with Gasteiger partial charge in [-0.05, 0) is 18.6 Å². The number of nitrogens with zero attached hydrogens (tertiary/aromatic N) is 2. The van der Waals surface area contributed by atoms with E-state index in [4.69, 9.17) is 0 Å². The molecule has 2 heterocycles. The summed E-state index contributed by atoms with van der Waals surface area (Å²) in [5, 5.41) is 3.42. The van der Waals surface area contributed by atoms with E-state index in [0.29, 0.717) is 6.04 Å². The first-order valence-electron chi connectivity index (χ1n) is 6.87. The highest BCUT2D eigenvalue weighted by molar-refractivity contribution is 5.19. The largest absolute Gasteiger partial charge is 0.314 e. The number of pyridine rings is 1. The van der Waals surface area contributed by atoms with E-state index in [0.717, 1.165) is 26.2 Å². The van der Waals surface area contributed by atoms with Crippen molar-refractivity contribution in [2.24, 2.45) is 0 Å². The number of aromatic nitrogens is 1. The van der Waals surface area contributed by atoms with E-state index >= 15 is 0 Å². The Morgan fingerprint density at radius 3 is 2.72 bits per heavy atom. The zero-order valence-corrected chi connectivity index (χ0v) is 12.0. The van der Waals surface area contributed by atoms with Crippen LogP contribution in [0, 0.1) is 0 Å². The van der Waals surface area contributed by atoms with Crippen molar-refractivity contribution in [2.45, 2.75) is 45.7 Å². The molecule has 1 aromatic rings. The molecule has 0 aromatic carbocycles. The molecule has 1 saturated heterocycles. The van der Waals surface area contributed by atoms with Crippen molar-refractivity contribution in [3.63, 3.8) is 0 Å². The Kier molecular flexibility index (Phi) is 4.03. The van der Waals surface area contributed by atoms with Gasteiger partial charge in [-0.15, -0.1) is 0 Å². The molecule has 0 unspecified atom stereocenters. The standard InChI is InChI=1S/C15H25N3/c1-12-9-16-7-8-18(12)11-13-5-6-14(17-10-13)15(2,3)4/h5-6,10,12,16H,7-9,11H2,1-4H3/t12-/m0/s1. The van der Waals surface area contributed by atoms with Crippen molar-refractivity contribution in [1.29, 1.82) is 0 Å². The lowest BCUT2D eigenvalue weighted by Gasteiger charge is -2.33. The molecule has 1 N–H and O–H groups in total. The third-order valence-electron chi connectivity index (χ3n) is 3.62. The van der Waals surface area contributed by atoms with Crippen LogP contribution in [-0.2, 0) is 12.0 Å². The first kappa shape index (κ1) is 13.5. The SMILES string of the molecule is C[C@H]1CNCCN1Cc1ccc(C(C)(C)C)nc1. The fraction of sp³-hybridized carbons (Fsp3) is 0.667. The van der Waals surface area contributed by atoms with Gasteiger partial charge in [-0.1, -0.05) is 26.8 Å². The topological polar surface area (TPSA) is 28.2 Å². The molecule has 2 rings (SSSR count). The second-order valence-electron chi connectivity index (χ2n) is 6.33. The molecule has 3 nitrogen and oxygen atoms in total. The van der Waals surface area contributed by atoms with E-state index in [1.165, 1.54) is 11.3 Å². The van der Waals surface area contributed by atoms with Crippen molar-refractivity contribution in [3.05, 3.63) is 29.6 Å². The Morgan fingerprint density at radius 1 is 1.39 bits per heavy atom. The third-order valence-corrected chi connectivity index (χ3v) is 3.62. The van der Waals surface area contributed by atoms with E-state index in [1.54, 1.807) is 0 Å². The summed E-state index contributed by atoms with van der Waals surface area (Å²) in [5.74, 6) is 0. The Morgan fingerprint density at radius 2 is 2.17 bits per heavy atom. The number of nitrogens with one attached hydrogen (secondary N) is 1. The molecule has 0 spiro atoms. The van der Waals surface area contributed by atoms with Crippen LogP contribution in [0.1, 0.15) is 39.0 Å². The molecule has 0 radical (unpaired) electrons. The molecule has 1 atom stereocenters. The van der Waals surface area contributed by atoms with Gasteiger partial charge in [0.2, 0.25) is 0 Å². The molecule has 0 bridgehead atoms. The Hall–Kier alpha value is -0.930. The molecule has 0 amide bonds. The summed E-state index contributed by atoms with van der Waals surface area (Å²) in [5.41, 5.74) is 2.62. The van der Waals surface area contributed by atoms with Crippen molar-refractivity contribution < 1.29 is 0 Å². The minimum Gasteiger partial charge on any atom is -0.314 e. The van der Waals surface area contributed by atoms with Crippen LogP contribution in [0.15, 0.2) is 18.3 Å². The molecule has 1 aliphatic heterocycles. The van der Waals surface area contributed by atoms with E-state index < -0.39 is 0 Å². The quantitative estimate of drug-likeness (QED) is 0.868. The predicted octanol–water partition coefficient (Wildman–Crippen LogP) is 2.17. The number of hydrogen-bond acceptors (Lipinski definition) is 3. The fourth-order valence-corrected chi connectivity index (χ4v) is 2.31. The lowest BCUT2D eigenvalue weighted by atomic mass is 9.91. The lowest BCUT2D eigenvalue weighted by Crippen LogP contribution is -2.49. The summed E-state index contributed by atoms with van der Waals surface area (Å²) in [7, 11) is 0. The fourth-order valence-electron chi connectivity index (χ4n) is 2.31. The van der Waals surface area contributed by atoms with Crippen molar-refractivity contribution in [2.75, 3.05) is 19.6 Å². The van der Waals surface area contributed by atoms with Crippen molar-refractivity contribution in [3.8, 4) is 0 Å². The van der Waals surface area contributed by atoms with Gasteiger partial charge in [0.05, 0.1) is 0 Å². The number of piperazine rings is 1. The molecular weight excluding hydrogens is 222 g/mol. The number of hydrogen-bond donors (Lipinski definition) is 1.